The molecule has 0 saturated carbocycles. The fraction of sp³-hybridized carbons (Fsp3) is 0.100. The molecule has 1 N–H and O–H groups in total. The maximum atomic E-state index is 14.4. The first-order valence-corrected chi connectivity index (χ1v) is 8.48. The molecule has 0 atom stereocenters. The van der Waals surface area contributed by atoms with Crippen LogP contribution in [0.25, 0.3) is 28.0 Å². The van der Waals surface area contributed by atoms with Crippen LogP contribution in [0.2, 0.25) is 0 Å². The van der Waals surface area contributed by atoms with Crippen molar-refractivity contribution in [3.8, 4) is 28.3 Å². The number of halogens is 2. The molecule has 1 aromatic carbocycles. The van der Waals surface area contributed by atoms with Gasteiger partial charge in [0.2, 0.25) is 5.88 Å². The molecule has 29 heavy (non-hydrogen) atoms. The molecule has 3 aromatic heterocycles. The number of benzene rings is 1. The van der Waals surface area contributed by atoms with Crippen molar-refractivity contribution >= 4 is 11.6 Å². The van der Waals surface area contributed by atoms with Crippen LogP contribution >= 0.6 is 0 Å². The molecule has 0 radical (unpaired) electrons. The molecule has 0 aliphatic carbocycles. The van der Waals surface area contributed by atoms with Crippen LogP contribution in [-0.4, -0.2) is 37.8 Å². The number of methoxy groups -OCH3 is 1. The minimum Gasteiger partial charge on any atom is -0.481 e. The summed E-state index contributed by atoms with van der Waals surface area (Å²) in [5, 5.41) is 13.9. The minimum absolute atomic E-state index is 0.0766. The normalized spacial score (nSPS) is 11.0. The number of nitrogens with zero attached hydrogens (tertiary/aromatic N) is 4. The van der Waals surface area contributed by atoms with Crippen LogP contribution in [0.1, 0.15) is 16.2 Å². The number of carboxylic acids is 1. The van der Waals surface area contributed by atoms with E-state index >= 15 is 0 Å². The van der Waals surface area contributed by atoms with Gasteiger partial charge < -0.3 is 9.84 Å². The van der Waals surface area contributed by atoms with Gasteiger partial charge in [-0.2, -0.15) is 5.10 Å². The summed E-state index contributed by atoms with van der Waals surface area (Å²) in [4.78, 5) is 20.4. The Balaban J connectivity index is 2.01. The molecule has 0 fully saturated rings. The first kappa shape index (κ1) is 18.5. The molecule has 0 aliphatic heterocycles. The minimum atomic E-state index is -1.23. The molecule has 3 heterocycles. The number of carboxylic acid groups (broad SMARTS) is 1. The third kappa shape index (κ3) is 3.16. The van der Waals surface area contributed by atoms with Crippen molar-refractivity contribution in [3.63, 3.8) is 0 Å². The lowest BCUT2D eigenvalue weighted by Crippen LogP contribution is -2.08. The van der Waals surface area contributed by atoms with Crippen LogP contribution in [0.4, 0.5) is 8.78 Å². The summed E-state index contributed by atoms with van der Waals surface area (Å²) >= 11 is 0. The van der Waals surface area contributed by atoms with E-state index in [1.165, 1.54) is 25.4 Å². The zero-order valence-electron chi connectivity index (χ0n) is 15.3. The second-order valence-electron chi connectivity index (χ2n) is 6.24. The Morgan fingerprint density at radius 3 is 2.59 bits per heavy atom. The van der Waals surface area contributed by atoms with Gasteiger partial charge in [0.05, 0.1) is 24.1 Å². The Morgan fingerprint density at radius 1 is 1.17 bits per heavy atom. The van der Waals surface area contributed by atoms with E-state index in [1.807, 2.05) is 0 Å². The second kappa shape index (κ2) is 6.93. The molecule has 0 amide bonds. The number of pyridine rings is 1. The van der Waals surface area contributed by atoms with Crippen molar-refractivity contribution in [2.75, 3.05) is 7.11 Å². The number of hydrogen-bond donors (Lipinski definition) is 1. The van der Waals surface area contributed by atoms with Crippen molar-refractivity contribution < 1.29 is 23.4 Å². The summed E-state index contributed by atoms with van der Waals surface area (Å²) in [6.45, 7) is 1.60. The van der Waals surface area contributed by atoms with Gasteiger partial charge in [0.1, 0.15) is 11.6 Å². The molecule has 9 heteroatoms. The van der Waals surface area contributed by atoms with Crippen LogP contribution in [0.15, 0.2) is 42.6 Å². The van der Waals surface area contributed by atoms with Gasteiger partial charge in [-0.3, -0.25) is 0 Å². The van der Waals surface area contributed by atoms with Crippen LogP contribution in [-0.2, 0) is 0 Å². The highest BCUT2D eigenvalue weighted by atomic mass is 19.1. The zero-order valence-corrected chi connectivity index (χ0v) is 15.3. The van der Waals surface area contributed by atoms with Crippen LogP contribution in [0.5, 0.6) is 5.88 Å². The van der Waals surface area contributed by atoms with E-state index in [4.69, 9.17) is 4.74 Å². The molecule has 0 spiro atoms. The second-order valence-corrected chi connectivity index (χ2v) is 6.24. The lowest BCUT2D eigenvalue weighted by molar-refractivity contribution is 0.0687. The largest absolute Gasteiger partial charge is 0.481 e. The van der Waals surface area contributed by atoms with Crippen LogP contribution < -0.4 is 4.74 Å². The van der Waals surface area contributed by atoms with Crippen LogP contribution in [0, 0.1) is 18.6 Å². The quantitative estimate of drug-likeness (QED) is 0.565. The Labute approximate surface area is 163 Å². The predicted molar refractivity (Wildman–Crippen MR) is 99.8 cm³/mol. The van der Waals surface area contributed by atoms with Crippen molar-refractivity contribution in [1.82, 2.24) is 19.6 Å². The molecule has 0 unspecified atom stereocenters. The zero-order chi connectivity index (χ0) is 20.7. The number of hydrogen-bond acceptors (Lipinski definition) is 5. The molecule has 4 rings (SSSR count). The molecular weight excluding hydrogens is 382 g/mol. The maximum Gasteiger partial charge on any atom is 0.354 e. The maximum absolute atomic E-state index is 14.4. The van der Waals surface area contributed by atoms with E-state index in [1.54, 1.807) is 19.1 Å². The highest BCUT2D eigenvalue weighted by molar-refractivity contribution is 5.90. The predicted octanol–water partition coefficient (Wildman–Crippen LogP) is 3.75. The average molecular weight is 396 g/mol. The Hall–Kier alpha value is -3.88. The van der Waals surface area contributed by atoms with E-state index in [9.17, 15) is 18.7 Å². The number of carbonyl (C=O) groups is 1. The smallest absolute Gasteiger partial charge is 0.354 e. The topological polar surface area (TPSA) is 89.6 Å². The first-order chi connectivity index (χ1) is 13.9. The van der Waals surface area contributed by atoms with Gasteiger partial charge in [-0.05, 0) is 31.2 Å². The molecule has 0 saturated heterocycles. The molecule has 7 nitrogen and oxygen atoms in total. The summed E-state index contributed by atoms with van der Waals surface area (Å²) in [5.41, 5.74) is 1.56. The number of aromatic nitrogens is 4. The standard InChI is InChI=1S/C20H14F2N4O3/c1-10-18(13-5-4-12(21)7-14(13)22)19-24-15(8-16(20(27)28)26(19)25-10)11-3-6-17(29-2)23-9-11/h3-9H,1-2H3,(H,27,28). The van der Waals surface area contributed by atoms with Gasteiger partial charge in [0, 0.05) is 29.5 Å². The fourth-order valence-corrected chi connectivity index (χ4v) is 3.08. The molecule has 146 valence electrons. The number of rotatable bonds is 4. The Morgan fingerprint density at radius 2 is 1.97 bits per heavy atom. The summed E-state index contributed by atoms with van der Waals surface area (Å²) < 4.78 is 34.0. The van der Waals surface area contributed by atoms with E-state index < -0.39 is 17.6 Å². The first-order valence-electron chi connectivity index (χ1n) is 8.48. The fourth-order valence-electron chi connectivity index (χ4n) is 3.08. The van der Waals surface area contributed by atoms with Crippen molar-refractivity contribution in [2.24, 2.45) is 0 Å². The summed E-state index contributed by atoms with van der Waals surface area (Å²) in [5.74, 6) is -2.35. The van der Waals surface area contributed by atoms with Crippen molar-refractivity contribution in [2.45, 2.75) is 6.92 Å². The average Bonchev–Trinajstić information content (AvgIpc) is 3.03. The Kier molecular flexibility index (Phi) is 4.42. The third-order valence-electron chi connectivity index (χ3n) is 4.42. The van der Waals surface area contributed by atoms with Crippen LogP contribution in [0.3, 0.4) is 0 Å². The van der Waals surface area contributed by atoms with E-state index in [0.717, 1.165) is 16.6 Å². The monoisotopic (exact) mass is 396 g/mol. The van der Waals surface area contributed by atoms with Crippen molar-refractivity contribution in [1.29, 1.82) is 0 Å². The molecular formula is C20H14F2N4O3. The van der Waals surface area contributed by atoms with Crippen molar-refractivity contribution in [3.05, 3.63) is 65.6 Å². The summed E-state index contributed by atoms with van der Waals surface area (Å²) in [7, 11) is 1.48. The molecule has 0 aliphatic rings. The van der Waals surface area contributed by atoms with Gasteiger partial charge in [0.25, 0.3) is 0 Å². The van der Waals surface area contributed by atoms with E-state index in [2.05, 4.69) is 15.1 Å². The van der Waals surface area contributed by atoms with Gasteiger partial charge in [0.15, 0.2) is 11.3 Å². The Bertz CT molecular complexity index is 1250. The summed E-state index contributed by atoms with van der Waals surface area (Å²) in [6.07, 6.45) is 1.49. The third-order valence-corrected chi connectivity index (χ3v) is 4.42. The number of aromatic carboxylic acids is 1. The molecule has 4 aromatic rings. The highest BCUT2D eigenvalue weighted by Gasteiger charge is 2.22. The van der Waals surface area contributed by atoms with Gasteiger partial charge >= 0.3 is 5.97 Å². The number of fused-ring (bicyclic) bond motifs is 1. The summed E-state index contributed by atoms with van der Waals surface area (Å²) in [6, 6.07) is 7.81. The van der Waals surface area contributed by atoms with Gasteiger partial charge in [-0.25, -0.2) is 28.1 Å². The number of aryl methyl sites for hydroxylation is 1. The SMILES string of the molecule is COc1ccc(-c2cc(C(=O)O)n3nc(C)c(-c4ccc(F)cc4F)c3n2)cn1. The van der Waals surface area contributed by atoms with Gasteiger partial charge in [-0.15, -0.1) is 0 Å². The van der Waals surface area contributed by atoms with E-state index in [0.29, 0.717) is 22.8 Å². The highest BCUT2D eigenvalue weighted by Crippen LogP contribution is 2.32. The van der Waals surface area contributed by atoms with E-state index in [-0.39, 0.29) is 22.5 Å². The molecule has 0 bridgehead atoms. The van der Waals surface area contributed by atoms with Gasteiger partial charge in [-0.1, -0.05) is 0 Å². The lowest BCUT2D eigenvalue weighted by Gasteiger charge is -2.07. The number of ether oxygens (including phenoxy) is 1. The lowest BCUT2D eigenvalue weighted by atomic mass is 10.1.